The number of nitrogens with one attached hydrogen (secondary N) is 1. The summed E-state index contributed by atoms with van der Waals surface area (Å²) in [4.78, 5) is 38.7. The highest BCUT2D eigenvalue weighted by molar-refractivity contribution is 5.97. The molecular formula is C27H29N7O2. The molecule has 0 saturated carbocycles. The van der Waals surface area contributed by atoms with Crippen LogP contribution in [-0.4, -0.2) is 74.1 Å². The van der Waals surface area contributed by atoms with E-state index < -0.39 is 0 Å². The number of aromatic nitrogens is 4. The maximum absolute atomic E-state index is 13.2. The molecule has 1 N–H and O–H groups in total. The highest BCUT2D eigenvalue weighted by Crippen LogP contribution is 2.22. The molecule has 36 heavy (non-hydrogen) atoms. The number of fused-ring (bicyclic) bond motifs is 1. The minimum Gasteiger partial charge on any atom is -0.336 e. The van der Waals surface area contributed by atoms with Crippen molar-refractivity contribution in [1.29, 1.82) is 0 Å². The van der Waals surface area contributed by atoms with Crippen molar-refractivity contribution in [2.24, 2.45) is 0 Å². The first kappa shape index (κ1) is 23.6. The predicted octanol–water partition coefficient (Wildman–Crippen LogP) is 3.14. The molecule has 184 valence electrons. The van der Waals surface area contributed by atoms with Gasteiger partial charge in [0.2, 0.25) is 5.91 Å². The van der Waals surface area contributed by atoms with E-state index in [1.807, 2.05) is 68.1 Å². The number of piperazine rings is 1. The lowest BCUT2D eigenvalue weighted by atomic mass is 10.1. The van der Waals surface area contributed by atoms with E-state index in [-0.39, 0.29) is 11.8 Å². The SMILES string of the molecule is Cc1cccc(C)c1NC(=O)CN1CCN(C(=O)c2cnc3c(c2)c(C)nn3-c2ccccn2)CC1. The third kappa shape index (κ3) is 4.70. The number of anilines is 1. The molecule has 1 fully saturated rings. The van der Waals surface area contributed by atoms with E-state index in [4.69, 9.17) is 0 Å². The van der Waals surface area contributed by atoms with E-state index >= 15 is 0 Å². The summed E-state index contributed by atoms with van der Waals surface area (Å²) in [5, 5.41) is 8.44. The Balaban J connectivity index is 1.22. The first-order valence-electron chi connectivity index (χ1n) is 12.0. The van der Waals surface area contributed by atoms with Gasteiger partial charge in [-0.05, 0) is 50.1 Å². The fourth-order valence-electron chi connectivity index (χ4n) is 4.58. The van der Waals surface area contributed by atoms with Gasteiger partial charge in [0.15, 0.2) is 11.5 Å². The molecule has 3 aromatic heterocycles. The van der Waals surface area contributed by atoms with Crippen LogP contribution in [0.25, 0.3) is 16.9 Å². The Bertz CT molecular complexity index is 1400. The van der Waals surface area contributed by atoms with Crippen LogP contribution >= 0.6 is 0 Å². The zero-order valence-electron chi connectivity index (χ0n) is 20.7. The van der Waals surface area contributed by atoms with Crippen molar-refractivity contribution in [3.05, 3.63) is 77.2 Å². The molecule has 0 radical (unpaired) electrons. The van der Waals surface area contributed by atoms with Crippen LogP contribution in [-0.2, 0) is 4.79 Å². The number of hydrogen-bond donors (Lipinski definition) is 1. The van der Waals surface area contributed by atoms with Crippen molar-refractivity contribution in [2.45, 2.75) is 20.8 Å². The molecule has 0 bridgehead atoms. The van der Waals surface area contributed by atoms with Crippen LogP contribution in [0, 0.1) is 20.8 Å². The normalized spacial score (nSPS) is 14.2. The number of amides is 2. The Labute approximate surface area is 209 Å². The molecular weight excluding hydrogens is 454 g/mol. The first-order chi connectivity index (χ1) is 17.4. The second-order valence-corrected chi connectivity index (χ2v) is 9.16. The van der Waals surface area contributed by atoms with Crippen LogP contribution < -0.4 is 5.32 Å². The highest BCUT2D eigenvalue weighted by atomic mass is 16.2. The number of benzene rings is 1. The van der Waals surface area contributed by atoms with E-state index in [0.717, 1.165) is 27.9 Å². The van der Waals surface area contributed by atoms with E-state index in [9.17, 15) is 9.59 Å². The molecule has 0 atom stereocenters. The Kier molecular flexibility index (Phi) is 6.47. The molecule has 9 nitrogen and oxygen atoms in total. The Morgan fingerprint density at radius 1 is 0.944 bits per heavy atom. The molecule has 0 unspecified atom stereocenters. The fourth-order valence-corrected chi connectivity index (χ4v) is 4.58. The number of hydrogen-bond acceptors (Lipinski definition) is 6. The average molecular weight is 484 g/mol. The average Bonchev–Trinajstić information content (AvgIpc) is 3.22. The molecule has 0 spiro atoms. The molecule has 4 heterocycles. The van der Waals surface area contributed by atoms with Gasteiger partial charge in [-0.1, -0.05) is 24.3 Å². The van der Waals surface area contributed by atoms with E-state index in [1.54, 1.807) is 17.1 Å². The maximum atomic E-state index is 13.2. The molecule has 9 heteroatoms. The third-order valence-electron chi connectivity index (χ3n) is 6.59. The van der Waals surface area contributed by atoms with Crippen molar-refractivity contribution in [2.75, 3.05) is 38.0 Å². The number of carbonyl (C=O) groups excluding carboxylic acids is 2. The number of pyridine rings is 2. The van der Waals surface area contributed by atoms with E-state index in [1.165, 1.54) is 0 Å². The second kappa shape index (κ2) is 9.87. The number of nitrogens with zero attached hydrogens (tertiary/aromatic N) is 6. The minimum atomic E-state index is -0.0611. The number of aryl methyl sites for hydroxylation is 3. The van der Waals surface area contributed by atoms with Crippen LogP contribution in [0.1, 0.15) is 27.2 Å². The van der Waals surface area contributed by atoms with Gasteiger partial charge in [-0.15, -0.1) is 0 Å². The minimum absolute atomic E-state index is 0.0396. The lowest BCUT2D eigenvalue weighted by molar-refractivity contribution is -0.117. The van der Waals surface area contributed by atoms with E-state index in [2.05, 4.69) is 25.3 Å². The van der Waals surface area contributed by atoms with Crippen LogP contribution in [0.2, 0.25) is 0 Å². The van der Waals surface area contributed by atoms with Gasteiger partial charge in [-0.2, -0.15) is 9.78 Å². The predicted molar refractivity (Wildman–Crippen MR) is 138 cm³/mol. The van der Waals surface area contributed by atoms with Crippen LogP contribution in [0.3, 0.4) is 0 Å². The second-order valence-electron chi connectivity index (χ2n) is 9.16. The summed E-state index contributed by atoms with van der Waals surface area (Å²) in [5.74, 6) is 0.580. The Morgan fingerprint density at radius 3 is 2.39 bits per heavy atom. The quantitative estimate of drug-likeness (QED) is 0.469. The van der Waals surface area contributed by atoms with Crippen LogP contribution in [0.4, 0.5) is 5.69 Å². The fraction of sp³-hybridized carbons (Fsp3) is 0.296. The Hall–Kier alpha value is -4.11. The molecule has 1 aromatic carbocycles. The van der Waals surface area contributed by atoms with Gasteiger partial charge in [-0.3, -0.25) is 14.5 Å². The van der Waals surface area contributed by atoms with Gasteiger partial charge in [0.1, 0.15) is 0 Å². The smallest absolute Gasteiger partial charge is 0.255 e. The number of carbonyl (C=O) groups is 2. The van der Waals surface area contributed by atoms with Crippen molar-refractivity contribution >= 4 is 28.5 Å². The largest absolute Gasteiger partial charge is 0.336 e. The van der Waals surface area contributed by atoms with Crippen molar-refractivity contribution in [1.82, 2.24) is 29.5 Å². The summed E-state index contributed by atoms with van der Waals surface area (Å²) in [6, 6.07) is 13.4. The monoisotopic (exact) mass is 483 g/mol. The van der Waals surface area contributed by atoms with Gasteiger partial charge >= 0.3 is 0 Å². The summed E-state index contributed by atoms with van der Waals surface area (Å²) in [5.41, 5.74) is 4.96. The van der Waals surface area contributed by atoms with Crippen molar-refractivity contribution in [3.63, 3.8) is 0 Å². The number of para-hydroxylation sites is 1. The van der Waals surface area contributed by atoms with Gasteiger partial charge in [0.05, 0.1) is 17.8 Å². The topological polar surface area (TPSA) is 96.3 Å². The summed E-state index contributed by atoms with van der Waals surface area (Å²) >= 11 is 0. The summed E-state index contributed by atoms with van der Waals surface area (Å²) in [6.07, 6.45) is 3.32. The third-order valence-corrected chi connectivity index (χ3v) is 6.59. The zero-order chi connectivity index (χ0) is 25.2. The summed E-state index contributed by atoms with van der Waals surface area (Å²) < 4.78 is 1.70. The lowest BCUT2D eigenvalue weighted by Gasteiger charge is -2.34. The first-order valence-corrected chi connectivity index (χ1v) is 12.0. The Morgan fingerprint density at radius 2 is 1.69 bits per heavy atom. The molecule has 5 rings (SSSR count). The number of rotatable bonds is 5. The summed E-state index contributed by atoms with van der Waals surface area (Å²) in [6.45, 7) is 8.57. The molecule has 1 saturated heterocycles. The summed E-state index contributed by atoms with van der Waals surface area (Å²) in [7, 11) is 0. The molecule has 0 aliphatic carbocycles. The zero-order valence-corrected chi connectivity index (χ0v) is 20.7. The molecule has 2 amide bonds. The van der Waals surface area contributed by atoms with Gasteiger partial charge in [0, 0.05) is 49.6 Å². The van der Waals surface area contributed by atoms with Crippen molar-refractivity contribution < 1.29 is 9.59 Å². The van der Waals surface area contributed by atoms with Crippen LogP contribution in [0.5, 0.6) is 0 Å². The molecule has 1 aliphatic heterocycles. The molecule has 4 aromatic rings. The van der Waals surface area contributed by atoms with Crippen molar-refractivity contribution in [3.8, 4) is 5.82 Å². The van der Waals surface area contributed by atoms with Crippen LogP contribution in [0.15, 0.2) is 54.9 Å². The van der Waals surface area contributed by atoms with Gasteiger partial charge in [-0.25, -0.2) is 9.97 Å². The maximum Gasteiger partial charge on any atom is 0.255 e. The van der Waals surface area contributed by atoms with Gasteiger partial charge < -0.3 is 10.2 Å². The van der Waals surface area contributed by atoms with E-state index in [0.29, 0.717) is 49.8 Å². The van der Waals surface area contributed by atoms with Gasteiger partial charge in [0.25, 0.3) is 5.91 Å². The standard InChI is InChI=1S/C27H29N7O2/c1-18-7-6-8-19(2)25(18)30-24(35)17-32-11-13-33(14-12-32)27(36)21-15-22-20(3)31-34(26(22)29-16-21)23-9-4-5-10-28-23/h4-10,15-16H,11-14,17H2,1-3H3,(H,30,35). The lowest BCUT2D eigenvalue weighted by Crippen LogP contribution is -2.50. The highest BCUT2D eigenvalue weighted by Gasteiger charge is 2.25. The molecule has 1 aliphatic rings.